The Morgan fingerprint density at radius 2 is 1.56 bits per heavy atom. The summed E-state index contributed by atoms with van der Waals surface area (Å²) in [6.07, 6.45) is 0. The molecule has 90 valence electrons. The molecule has 0 saturated carbocycles. The van der Waals surface area contributed by atoms with Crippen LogP contribution in [0.1, 0.15) is 0 Å². The van der Waals surface area contributed by atoms with Gasteiger partial charge in [0.05, 0.1) is 6.01 Å². The number of H-pyrrole nitrogens is 3. The second kappa shape index (κ2) is 3.23. The van der Waals surface area contributed by atoms with Crippen molar-refractivity contribution in [2.24, 2.45) is 0 Å². The van der Waals surface area contributed by atoms with Gasteiger partial charge in [-0.2, -0.15) is 0 Å². The van der Waals surface area contributed by atoms with Gasteiger partial charge in [-0.15, -0.1) is 0 Å². The van der Waals surface area contributed by atoms with E-state index in [2.05, 4.69) is 19.9 Å². The van der Waals surface area contributed by atoms with Crippen LogP contribution in [0.3, 0.4) is 0 Å². The third-order valence-electron chi connectivity index (χ3n) is 2.19. The Morgan fingerprint density at radius 1 is 0.833 bits per heavy atom. The Kier molecular flexibility index (Phi) is 1.82. The lowest BCUT2D eigenvalue weighted by molar-refractivity contribution is -0.281. The van der Waals surface area contributed by atoms with E-state index in [1.807, 2.05) is 9.97 Å². The van der Waals surface area contributed by atoms with E-state index in [1.54, 1.807) is 0 Å². The predicted octanol–water partition coefficient (Wildman–Crippen LogP) is -2.68. The van der Waals surface area contributed by atoms with Crippen LogP contribution in [0.15, 0.2) is 14.4 Å². The lowest BCUT2D eigenvalue weighted by atomic mass is 10.4. The monoisotopic (exact) mass is 247 g/mol. The molecular formula is C8H3N6O4-. The number of aromatic nitrogens is 6. The highest BCUT2D eigenvalue weighted by molar-refractivity contribution is 5.80. The molecule has 3 aromatic heterocycles. The molecule has 0 saturated heterocycles. The van der Waals surface area contributed by atoms with Crippen molar-refractivity contribution in [1.82, 2.24) is 29.9 Å². The van der Waals surface area contributed by atoms with Crippen LogP contribution in [-0.2, 0) is 0 Å². The number of hydrogen-bond donors (Lipinski definition) is 3. The molecule has 0 aliphatic rings. The maximum atomic E-state index is 11.4. The van der Waals surface area contributed by atoms with Crippen LogP contribution in [0.25, 0.3) is 22.3 Å². The van der Waals surface area contributed by atoms with Crippen LogP contribution in [0.2, 0.25) is 0 Å². The molecule has 3 heterocycles. The Hall–Kier alpha value is -3.04. The smallest absolute Gasteiger partial charge is 0.327 e. The average molecular weight is 247 g/mol. The van der Waals surface area contributed by atoms with E-state index in [9.17, 15) is 19.5 Å². The molecule has 10 heteroatoms. The highest BCUT2D eigenvalue weighted by atomic mass is 16.3. The fourth-order valence-electron chi connectivity index (χ4n) is 1.48. The lowest BCUT2D eigenvalue weighted by Crippen LogP contribution is -2.24. The molecule has 0 spiro atoms. The van der Waals surface area contributed by atoms with Gasteiger partial charge in [0.25, 0.3) is 11.1 Å². The van der Waals surface area contributed by atoms with E-state index in [-0.39, 0.29) is 22.3 Å². The fraction of sp³-hybridized carbons (Fsp3) is 0. The first-order valence-corrected chi connectivity index (χ1v) is 4.66. The molecule has 3 aromatic rings. The molecule has 0 unspecified atom stereocenters. The van der Waals surface area contributed by atoms with Crippen LogP contribution < -0.4 is 21.9 Å². The Morgan fingerprint density at radius 3 is 2.33 bits per heavy atom. The largest absolute Gasteiger partial charge is 0.846 e. The summed E-state index contributed by atoms with van der Waals surface area (Å²) in [7, 11) is 0. The molecule has 0 aliphatic carbocycles. The zero-order valence-electron chi connectivity index (χ0n) is 8.47. The summed E-state index contributed by atoms with van der Waals surface area (Å²) in [6, 6.07) is -0.887. The molecule has 0 bridgehead atoms. The lowest BCUT2D eigenvalue weighted by Gasteiger charge is -2.04. The van der Waals surface area contributed by atoms with Crippen molar-refractivity contribution in [3.63, 3.8) is 0 Å². The number of nitrogens with one attached hydrogen (secondary N) is 3. The van der Waals surface area contributed by atoms with Crippen molar-refractivity contribution in [3.8, 4) is 6.01 Å². The first kappa shape index (κ1) is 10.1. The summed E-state index contributed by atoms with van der Waals surface area (Å²) in [4.78, 5) is 50.9. The number of nitrogens with zero attached hydrogens (tertiary/aromatic N) is 3. The maximum absolute atomic E-state index is 11.4. The van der Waals surface area contributed by atoms with Crippen molar-refractivity contribution >= 4 is 22.3 Å². The van der Waals surface area contributed by atoms with Gasteiger partial charge in [-0.05, 0) is 0 Å². The van der Waals surface area contributed by atoms with E-state index >= 15 is 0 Å². The van der Waals surface area contributed by atoms with Gasteiger partial charge in [0.1, 0.15) is 0 Å². The van der Waals surface area contributed by atoms with Crippen LogP contribution in [-0.4, -0.2) is 29.9 Å². The molecule has 3 N–H and O–H groups in total. The summed E-state index contributed by atoms with van der Waals surface area (Å²) in [5.41, 5.74) is -3.19. The van der Waals surface area contributed by atoms with Gasteiger partial charge in [-0.3, -0.25) is 19.6 Å². The van der Waals surface area contributed by atoms with Crippen molar-refractivity contribution in [2.45, 2.75) is 0 Å². The summed E-state index contributed by atoms with van der Waals surface area (Å²) >= 11 is 0. The number of aromatic amines is 3. The molecule has 0 fully saturated rings. The molecule has 0 aromatic carbocycles. The average Bonchev–Trinajstić information content (AvgIpc) is 2.27. The highest BCUT2D eigenvalue weighted by Gasteiger charge is 2.09. The quantitative estimate of drug-likeness (QED) is 0.364. The molecule has 3 rings (SSSR count). The van der Waals surface area contributed by atoms with Gasteiger partial charge in [0, 0.05) is 0 Å². The van der Waals surface area contributed by atoms with E-state index in [0.29, 0.717) is 0 Å². The van der Waals surface area contributed by atoms with Crippen molar-refractivity contribution in [2.75, 3.05) is 0 Å². The van der Waals surface area contributed by atoms with E-state index in [4.69, 9.17) is 0 Å². The standard InChI is InChI=1S/C8H4N6O4/c15-5-1-3(11-7(17)13-5)10-2-4(9-1)12-8(18)14-6(2)16/h(H2,9,12,14,16,18)(H2,10,11,13,15,17)/p-1. The Bertz CT molecular complexity index is 952. The fourth-order valence-corrected chi connectivity index (χ4v) is 1.48. The zero-order chi connectivity index (χ0) is 12.9. The minimum absolute atomic E-state index is 0.151. The highest BCUT2D eigenvalue weighted by Crippen LogP contribution is 2.05. The van der Waals surface area contributed by atoms with Gasteiger partial charge in [0.15, 0.2) is 22.3 Å². The molecule has 18 heavy (non-hydrogen) atoms. The second-order valence-electron chi connectivity index (χ2n) is 3.37. The Labute approximate surface area is 95.4 Å². The van der Waals surface area contributed by atoms with Gasteiger partial charge in [0.2, 0.25) is 0 Å². The van der Waals surface area contributed by atoms with Crippen LogP contribution in [0.4, 0.5) is 0 Å². The van der Waals surface area contributed by atoms with Crippen molar-refractivity contribution in [3.05, 3.63) is 31.2 Å². The summed E-state index contributed by atoms with van der Waals surface area (Å²) in [6.45, 7) is 0. The normalized spacial score (nSPS) is 11.1. The number of fused-ring (bicyclic) bond motifs is 2. The first-order chi connectivity index (χ1) is 8.54. The molecule has 0 radical (unpaired) electrons. The maximum Gasteiger partial charge on any atom is 0.327 e. The predicted molar refractivity (Wildman–Crippen MR) is 56.1 cm³/mol. The summed E-state index contributed by atoms with van der Waals surface area (Å²) in [5, 5.41) is 11.0. The molecule has 10 nitrogen and oxygen atoms in total. The number of hydrogen-bond acceptors (Lipinski definition) is 7. The first-order valence-electron chi connectivity index (χ1n) is 4.66. The minimum Gasteiger partial charge on any atom is -0.846 e. The topological polar surface area (TPSA) is 160 Å². The van der Waals surface area contributed by atoms with E-state index in [0.717, 1.165) is 0 Å². The van der Waals surface area contributed by atoms with Crippen LogP contribution in [0, 0.1) is 0 Å². The van der Waals surface area contributed by atoms with Gasteiger partial charge in [-0.25, -0.2) is 19.7 Å². The third kappa shape index (κ3) is 1.36. The molecule has 0 aliphatic heterocycles. The van der Waals surface area contributed by atoms with Crippen LogP contribution in [0.5, 0.6) is 6.01 Å². The molecule has 0 amide bonds. The van der Waals surface area contributed by atoms with Gasteiger partial charge >= 0.3 is 5.69 Å². The molecular weight excluding hydrogens is 244 g/mol. The third-order valence-corrected chi connectivity index (χ3v) is 2.19. The Balaban J connectivity index is 2.64. The van der Waals surface area contributed by atoms with Gasteiger partial charge < -0.3 is 10.1 Å². The summed E-state index contributed by atoms with van der Waals surface area (Å²) < 4.78 is 0. The van der Waals surface area contributed by atoms with E-state index in [1.165, 1.54) is 0 Å². The molecule has 0 atom stereocenters. The minimum atomic E-state index is -0.887. The zero-order valence-corrected chi connectivity index (χ0v) is 8.47. The number of rotatable bonds is 0. The van der Waals surface area contributed by atoms with Gasteiger partial charge in [-0.1, -0.05) is 0 Å². The van der Waals surface area contributed by atoms with Crippen molar-refractivity contribution in [1.29, 1.82) is 0 Å². The second-order valence-corrected chi connectivity index (χ2v) is 3.37. The summed E-state index contributed by atoms with van der Waals surface area (Å²) in [5.74, 6) is 0. The van der Waals surface area contributed by atoms with Crippen molar-refractivity contribution < 1.29 is 5.11 Å². The SMILES string of the molecule is O=c1[nH]c(=O)c2nc3nc([O-])[nH]c(=O)c3nc2[nH]1. The van der Waals surface area contributed by atoms with Crippen LogP contribution >= 0.6 is 0 Å². The van der Waals surface area contributed by atoms with E-state index < -0.39 is 22.8 Å².